The minimum absolute atomic E-state index is 0.166. The summed E-state index contributed by atoms with van der Waals surface area (Å²) in [7, 11) is 2.13. The molecule has 2 aromatic carbocycles. The van der Waals surface area contributed by atoms with E-state index in [1.165, 1.54) is 0 Å². The highest BCUT2D eigenvalue weighted by atomic mass is 35.5. The number of hydrogen-bond acceptors (Lipinski definition) is 9. The van der Waals surface area contributed by atoms with Gasteiger partial charge in [0.2, 0.25) is 0 Å². The average molecular weight is 687 g/mol. The first-order valence-electron chi connectivity index (χ1n) is 17.4. The first-order chi connectivity index (χ1) is 23.8. The van der Waals surface area contributed by atoms with Crippen molar-refractivity contribution in [2.75, 3.05) is 75.8 Å². The summed E-state index contributed by atoms with van der Waals surface area (Å²) in [6.07, 6.45) is 2.76. The van der Waals surface area contributed by atoms with Gasteiger partial charge in [0.05, 0.1) is 35.8 Å². The fourth-order valence-corrected chi connectivity index (χ4v) is 8.16. The monoisotopic (exact) mass is 686 g/mol. The van der Waals surface area contributed by atoms with Crippen molar-refractivity contribution >= 4 is 39.8 Å². The third-order valence-corrected chi connectivity index (χ3v) is 10.9. The van der Waals surface area contributed by atoms with Gasteiger partial charge in [0.1, 0.15) is 18.6 Å². The normalized spacial score (nSPS) is 23.1. The molecular formula is C37H44ClFN8O2. The second-order valence-electron chi connectivity index (χ2n) is 13.8. The summed E-state index contributed by atoms with van der Waals surface area (Å²) in [5.74, 6) is 0.649. The molecule has 0 unspecified atom stereocenters. The van der Waals surface area contributed by atoms with Crippen molar-refractivity contribution in [1.82, 2.24) is 24.7 Å². The minimum atomic E-state index is -0.860. The van der Waals surface area contributed by atoms with E-state index in [9.17, 15) is 14.4 Å². The predicted octanol–water partition coefficient (Wildman–Crippen LogP) is 4.85. The number of fused-ring (bicyclic) bond motifs is 2. The van der Waals surface area contributed by atoms with Gasteiger partial charge < -0.3 is 24.3 Å². The molecule has 258 valence electrons. The van der Waals surface area contributed by atoms with Gasteiger partial charge in [-0.3, -0.25) is 9.69 Å². The largest absolute Gasteiger partial charge is 0.462 e. The molecule has 4 aliphatic heterocycles. The van der Waals surface area contributed by atoms with Crippen molar-refractivity contribution in [2.45, 2.75) is 56.9 Å². The molecule has 3 atom stereocenters. The zero-order valence-corrected chi connectivity index (χ0v) is 28.9. The number of halogens is 2. The van der Waals surface area contributed by atoms with Crippen LogP contribution in [0.25, 0.3) is 10.8 Å². The molecule has 0 spiro atoms. The third-order valence-electron chi connectivity index (χ3n) is 10.6. The Bertz CT molecular complexity index is 1760. The van der Waals surface area contributed by atoms with E-state index >= 15 is 0 Å². The molecule has 4 aliphatic rings. The van der Waals surface area contributed by atoms with E-state index in [0.29, 0.717) is 76.5 Å². The Morgan fingerprint density at radius 3 is 2.65 bits per heavy atom. The number of piperazine rings is 1. The van der Waals surface area contributed by atoms with Gasteiger partial charge in [-0.1, -0.05) is 42.4 Å². The lowest BCUT2D eigenvalue weighted by Gasteiger charge is -2.43. The molecule has 0 N–H and O–H groups in total. The number of rotatable bonds is 9. The van der Waals surface area contributed by atoms with Crippen LogP contribution in [0.4, 0.5) is 15.9 Å². The van der Waals surface area contributed by atoms with Crippen LogP contribution in [0.5, 0.6) is 6.01 Å². The molecule has 3 saturated heterocycles. The molecule has 0 aliphatic carbocycles. The highest BCUT2D eigenvalue weighted by Gasteiger charge is 2.36. The molecule has 0 bridgehead atoms. The quantitative estimate of drug-likeness (QED) is 0.293. The Hall–Kier alpha value is -3.98. The molecule has 1 aromatic heterocycles. The van der Waals surface area contributed by atoms with Gasteiger partial charge in [-0.15, -0.1) is 0 Å². The molecule has 49 heavy (non-hydrogen) atoms. The lowest BCUT2D eigenvalue weighted by molar-refractivity contribution is -0.130. The van der Waals surface area contributed by atoms with Crippen molar-refractivity contribution in [3.63, 3.8) is 0 Å². The van der Waals surface area contributed by atoms with E-state index in [-0.39, 0.29) is 18.4 Å². The van der Waals surface area contributed by atoms with Crippen LogP contribution in [0.2, 0.25) is 5.02 Å². The third kappa shape index (κ3) is 7.05. The van der Waals surface area contributed by atoms with Crippen LogP contribution in [0.1, 0.15) is 36.9 Å². The number of carbonyl (C=O) groups excluding carboxylic acids is 1. The van der Waals surface area contributed by atoms with Crippen LogP contribution in [0.3, 0.4) is 0 Å². The van der Waals surface area contributed by atoms with Crippen molar-refractivity contribution in [3.8, 4) is 12.1 Å². The Labute approximate surface area is 292 Å². The van der Waals surface area contributed by atoms with E-state index in [1.807, 2.05) is 17.0 Å². The molecular weight excluding hydrogens is 643 g/mol. The minimum Gasteiger partial charge on any atom is -0.462 e. The fourth-order valence-electron chi connectivity index (χ4n) is 7.89. The van der Waals surface area contributed by atoms with Gasteiger partial charge in [-0.05, 0) is 56.8 Å². The number of nitriles is 1. The first kappa shape index (κ1) is 33.5. The number of nitrogens with zero attached hydrogens (tertiary/aromatic N) is 8. The molecule has 7 rings (SSSR count). The number of anilines is 2. The lowest BCUT2D eigenvalue weighted by atomic mass is 10.0. The second kappa shape index (κ2) is 14.5. The van der Waals surface area contributed by atoms with E-state index in [2.05, 4.69) is 58.7 Å². The van der Waals surface area contributed by atoms with Crippen LogP contribution in [0, 0.1) is 11.3 Å². The Balaban J connectivity index is 1.15. The zero-order valence-electron chi connectivity index (χ0n) is 28.2. The summed E-state index contributed by atoms with van der Waals surface area (Å²) in [5, 5.41) is 12.6. The number of hydrogen-bond donors (Lipinski definition) is 0. The summed E-state index contributed by atoms with van der Waals surface area (Å²) in [5.41, 5.74) is 3.49. The van der Waals surface area contributed by atoms with E-state index in [1.54, 1.807) is 4.90 Å². The van der Waals surface area contributed by atoms with Gasteiger partial charge >= 0.3 is 6.01 Å². The van der Waals surface area contributed by atoms with Gasteiger partial charge in [0.15, 0.2) is 0 Å². The van der Waals surface area contributed by atoms with E-state index in [0.717, 1.165) is 70.9 Å². The molecule has 3 fully saturated rings. The lowest BCUT2D eigenvalue weighted by Crippen LogP contribution is -2.56. The maximum absolute atomic E-state index is 13.8. The van der Waals surface area contributed by atoms with E-state index in [4.69, 9.17) is 26.3 Å². The maximum atomic E-state index is 13.8. The number of aromatic nitrogens is 2. The summed E-state index contributed by atoms with van der Waals surface area (Å²) < 4.78 is 20.1. The molecule has 3 aromatic rings. The van der Waals surface area contributed by atoms with Gasteiger partial charge in [-0.25, -0.2) is 4.39 Å². The van der Waals surface area contributed by atoms with Crippen LogP contribution in [0.15, 0.2) is 48.6 Å². The Morgan fingerprint density at radius 2 is 1.90 bits per heavy atom. The molecule has 1 amide bonds. The van der Waals surface area contributed by atoms with Crippen molar-refractivity contribution in [2.24, 2.45) is 0 Å². The average Bonchev–Trinajstić information content (AvgIpc) is 3.72. The topological polar surface area (TPSA) is 92.1 Å². The highest BCUT2D eigenvalue weighted by Crippen LogP contribution is 2.37. The summed E-state index contributed by atoms with van der Waals surface area (Å²) in [6, 6.07) is 14.9. The van der Waals surface area contributed by atoms with Crippen LogP contribution < -0.4 is 14.5 Å². The van der Waals surface area contributed by atoms with Crippen molar-refractivity contribution < 1.29 is 13.9 Å². The summed E-state index contributed by atoms with van der Waals surface area (Å²) in [6.45, 7) is 9.69. The number of likely N-dealkylation sites (N-methyl/N-ethyl adjacent to an activating group) is 1. The summed E-state index contributed by atoms with van der Waals surface area (Å²) in [4.78, 5) is 34.2. The van der Waals surface area contributed by atoms with Crippen LogP contribution in [-0.4, -0.2) is 115 Å². The maximum Gasteiger partial charge on any atom is 0.318 e. The number of likely N-dealkylation sites (tertiary alicyclic amines) is 2. The molecule has 5 heterocycles. The number of amides is 1. The number of carbonyl (C=O) groups is 1. The summed E-state index contributed by atoms with van der Waals surface area (Å²) >= 11 is 6.73. The number of alkyl halides is 1. The molecule has 0 saturated carbocycles. The number of benzene rings is 2. The van der Waals surface area contributed by atoms with Crippen molar-refractivity contribution in [3.05, 3.63) is 64.8 Å². The molecule has 10 nitrogen and oxygen atoms in total. The van der Waals surface area contributed by atoms with Crippen LogP contribution >= 0.6 is 11.6 Å². The zero-order chi connectivity index (χ0) is 34.1. The standard InChI is InChI=1S/C37H44ClFN8O2/c1-25(20-44-16-12-27(39)21-44)36(48)47-19-18-46(22-28(47)11-14-40)35-30-13-17-45(33-10-4-7-26-6-3-9-31(38)34(26)33)23-32(30)41-37(42-35)49-24-29-8-5-15-43(29)2/h3-4,6-7,9-10,27-29H,1,5,8,11-13,15-24H2,2H3/t27-,28-,29-/m0/s1. The van der Waals surface area contributed by atoms with Crippen LogP contribution in [-0.2, 0) is 17.8 Å². The smallest absolute Gasteiger partial charge is 0.318 e. The molecule has 12 heteroatoms. The van der Waals surface area contributed by atoms with Gasteiger partial charge in [0, 0.05) is 74.1 Å². The van der Waals surface area contributed by atoms with Crippen molar-refractivity contribution in [1.29, 1.82) is 5.26 Å². The highest BCUT2D eigenvalue weighted by molar-refractivity contribution is 6.36. The van der Waals surface area contributed by atoms with Gasteiger partial charge in [0.25, 0.3) is 5.91 Å². The number of ether oxygens (including phenoxy) is 1. The second-order valence-corrected chi connectivity index (χ2v) is 14.2. The first-order valence-corrected chi connectivity index (χ1v) is 17.8. The van der Waals surface area contributed by atoms with Gasteiger partial charge in [-0.2, -0.15) is 15.2 Å². The van der Waals surface area contributed by atoms with E-state index < -0.39 is 6.17 Å². The predicted molar refractivity (Wildman–Crippen MR) is 190 cm³/mol. The molecule has 0 radical (unpaired) electrons. The SMILES string of the molecule is C=C(CN1CC[C@H](F)C1)C(=O)N1CCN(c2nc(OC[C@@H]3CCCN3C)nc3c2CCN(c2cccc4cccc(Cl)c24)C3)C[C@@H]1CC#N. The Morgan fingerprint density at radius 1 is 1.06 bits per heavy atom. The fraction of sp³-hybridized carbons (Fsp3) is 0.514. The Kier molecular flexibility index (Phi) is 9.90.